The number of hydrogen-bond acceptors (Lipinski definition) is 5. The summed E-state index contributed by atoms with van der Waals surface area (Å²) in [5, 5.41) is 9.40. The van der Waals surface area contributed by atoms with E-state index in [9.17, 15) is 31.5 Å². The van der Waals surface area contributed by atoms with Crippen molar-refractivity contribution in [3.63, 3.8) is 0 Å². The van der Waals surface area contributed by atoms with Gasteiger partial charge >= 0.3 is 6.18 Å². The quantitative estimate of drug-likeness (QED) is 0.219. The van der Waals surface area contributed by atoms with E-state index < -0.39 is 46.8 Å². The van der Waals surface area contributed by atoms with E-state index in [2.05, 4.69) is 20.7 Å². The Morgan fingerprint density at radius 1 is 1.00 bits per heavy atom. The molecule has 2 amide bonds. The Labute approximate surface area is 237 Å². The van der Waals surface area contributed by atoms with Crippen LogP contribution < -0.4 is 16.4 Å². The first-order valence-electron chi connectivity index (χ1n) is 12.1. The van der Waals surface area contributed by atoms with Crippen LogP contribution in [0.4, 0.5) is 33.6 Å². The molecule has 1 aliphatic rings. The van der Waals surface area contributed by atoms with Crippen molar-refractivity contribution in [1.29, 1.82) is 0 Å². The number of halogens is 6. The molecule has 1 atom stereocenters. The van der Waals surface area contributed by atoms with Gasteiger partial charge in [-0.3, -0.25) is 9.59 Å². The molecule has 4 N–H and O–H groups in total. The van der Waals surface area contributed by atoms with Gasteiger partial charge < -0.3 is 16.4 Å². The second kappa shape index (κ2) is 9.80. The number of nitrogen functional groups attached to an aromatic ring is 1. The van der Waals surface area contributed by atoms with Crippen LogP contribution >= 0.6 is 11.6 Å². The van der Waals surface area contributed by atoms with Crippen LogP contribution in [0.2, 0.25) is 5.02 Å². The molecule has 0 aliphatic carbocycles. The van der Waals surface area contributed by atoms with E-state index in [0.29, 0.717) is 28.9 Å². The Morgan fingerprint density at radius 2 is 1.79 bits per heavy atom. The fourth-order valence-electron chi connectivity index (χ4n) is 4.82. The first-order valence-corrected chi connectivity index (χ1v) is 12.5. The maximum Gasteiger partial charge on any atom is 0.416 e. The number of carbonyl (C=O) groups is 2. The second-order valence-electron chi connectivity index (χ2n) is 9.43. The lowest BCUT2D eigenvalue weighted by Gasteiger charge is -2.19. The highest BCUT2D eigenvalue weighted by atomic mass is 35.5. The number of carbonyl (C=O) groups excluding carboxylic acids is 2. The Kier molecular flexibility index (Phi) is 6.34. The topological polar surface area (TPSA) is 114 Å². The molecule has 1 aliphatic heterocycles. The molecule has 0 saturated carbocycles. The smallest absolute Gasteiger partial charge is 0.366 e. The summed E-state index contributed by atoms with van der Waals surface area (Å²) in [5.41, 5.74) is 5.49. The van der Waals surface area contributed by atoms with Crippen molar-refractivity contribution < 1.29 is 31.5 Å². The summed E-state index contributed by atoms with van der Waals surface area (Å²) in [4.78, 5) is 30.5. The molecule has 0 spiro atoms. The van der Waals surface area contributed by atoms with Crippen LogP contribution in [0, 0.1) is 11.6 Å². The number of benzene rings is 3. The molecule has 3 aromatic carbocycles. The van der Waals surface area contributed by atoms with Crippen LogP contribution in [0.15, 0.2) is 66.9 Å². The third-order valence-corrected chi connectivity index (χ3v) is 7.02. The maximum absolute atomic E-state index is 14.2. The third-order valence-electron chi connectivity index (χ3n) is 6.67. The van der Waals surface area contributed by atoms with E-state index in [4.69, 9.17) is 17.3 Å². The van der Waals surface area contributed by atoms with Crippen molar-refractivity contribution in [3.05, 3.63) is 111 Å². The van der Waals surface area contributed by atoms with Gasteiger partial charge in [0.2, 0.25) is 5.95 Å². The summed E-state index contributed by atoms with van der Waals surface area (Å²) in [5.74, 6) is -3.54. The van der Waals surface area contributed by atoms with Crippen LogP contribution in [0.25, 0.3) is 16.8 Å². The number of nitrogens with two attached hydrogens (primary N) is 1. The average Bonchev–Trinajstić information content (AvgIpc) is 3.47. The summed E-state index contributed by atoms with van der Waals surface area (Å²) in [6, 6.07) is 10.2. The molecule has 0 unspecified atom stereocenters. The van der Waals surface area contributed by atoms with E-state index >= 15 is 0 Å². The zero-order valence-corrected chi connectivity index (χ0v) is 21.7. The molecular weight excluding hydrogens is 583 g/mol. The van der Waals surface area contributed by atoms with Gasteiger partial charge in [-0.1, -0.05) is 11.6 Å². The van der Waals surface area contributed by atoms with Gasteiger partial charge in [0.15, 0.2) is 5.65 Å². The van der Waals surface area contributed by atoms with E-state index in [0.717, 1.165) is 12.1 Å². The van der Waals surface area contributed by atoms with E-state index in [1.54, 1.807) is 18.3 Å². The number of pyridine rings is 1. The summed E-state index contributed by atoms with van der Waals surface area (Å²) < 4.78 is 69.7. The minimum atomic E-state index is -4.91. The maximum atomic E-state index is 14.2. The number of anilines is 2. The SMILES string of the molecule is Nc1nc2ccc(-c3cc(NC(=O)c4cc(F)cc(C(F)(F)F)c4)c4c(c3)C(=O)N[C@@H]4c3cc(F)ccc3Cl)cn2n1. The minimum Gasteiger partial charge on any atom is -0.366 e. The molecule has 6 rings (SSSR count). The number of aromatic nitrogens is 3. The summed E-state index contributed by atoms with van der Waals surface area (Å²) in [6.07, 6.45) is -3.33. The summed E-state index contributed by atoms with van der Waals surface area (Å²) in [7, 11) is 0. The molecule has 42 heavy (non-hydrogen) atoms. The van der Waals surface area contributed by atoms with Crippen molar-refractivity contribution in [1.82, 2.24) is 19.9 Å². The lowest BCUT2D eigenvalue weighted by atomic mass is 9.93. The fourth-order valence-corrected chi connectivity index (χ4v) is 5.05. The number of nitrogens with one attached hydrogen (secondary N) is 2. The van der Waals surface area contributed by atoms with Crippen LogP contribution in [-0.4, -0.2) is 26.4 Å². The van der Waals surface area contributed by atoms with Crippen molar-refractivity contribution in [2.75, 3.05) is 11.1 Å². The molecule has 8 nitrogen and oxygen atoms in total. The van der Waals surface area contributed by atoms with Crippen molar-refractivity contribution in [2.24, 2.45) is 0 Å². The Bertz CT molecular complexity index is 1940. The number of hydrogen-bond donors (Lipinski definition) is 3. The van der Waals surface area contributed by atoms with Crippen LogP contribution in [0.3, 0.4) is 0 Å². The van der Waals surface area contributed by atoms with Crippen LogP contribution in [0.1, 0.15) is 43.4 Å². The standard InChI is InChI=1S/C28H16ClF5N6O2/c29-20-3-2-16(30)10-18(20)24-23-19(26(42)38-24)7-13(12-1-4-22-37-27(35)39-40(22)11-12)8-21(23)36-25(41)14-5-15(28(32,33)34)9-17(31)6-14/h1-11,24H,(H2,35,39)(H,36,41)(H,38,42)/t24-/m1/s1. The predicted octanol–water partition coefficient (Wildman–Crippen LogP) is 6.01. The number of nitrogens with zero attached hydrogens (tertiary/aromatic N) is 3. The highest BCUT2D eigenvalue weighted by Crippen LogP contribution is 2.42. The lowest BCUT2D eigenvalue weighted by molar-refractivity contribution is -0.137. The molecule has 212 valence electrons. The Hall–Kier alpha value is -5.04. The van der Waals surface area contributed by atoms with E-state index in [1.807, 2.05) is 0 Å². The Balaban J connectivity index is 1.51. The molecule has 0 fully saturated rings. The number of rotatable bonds is 4. The monoisotopic (exact) mass is 598 g/mol. The van der Waals surface area contributed by atoms with Crippen LogP contribution in [-0.2, 0) is 6.18 Å². The summed E-state index contributed by atoms with van der Waals surface area (Å²) >= 11 is 6.33. The lowest BCUT2D eigenvalue weighted by Crippen LogP contribution is -2.21. The summed E-state index contributed by atoms with van der Waals surface area (Å²) in [6.45, 7) is 0. The largest absolute Gasteiger partial charge is 0.416 e. The average molecular weight is 599 g/mol. The highest BCUT2D eigenvalue weighted by molar-refractivity contribution is 6.31. The molecule has 0 radical (unpaired) electrons. The first-order chi connectivity index (χ1) is 19.9. The van der Waals surface area contributed by atoms with E-state index in [1.165, 1.54) is 22.7 Å². The first kappa shape index (κ1) is 27.1. The van der Waals surface area contributed by atoms with Gasteiger partial charge in [0, 0.05) is 44.7 Å². The van der Waals surface area contributed by atoms with E-state index in [-0.39, 0.29) is 39.4 Å². The van der Waals surface area contributed by atoms with Gasteiger partial charge in [0.25, 0.3) is 11.8 Å². The molecule has 0 saturated heterocycles. The zero-order valence-electron chi connectivity index (χ0n) is 20.9. The van der Waals surface area contributed by atoms with Crippen molar-refractivity contribution >= 4 is 40.7 Å². The molecule has 0 bridgehead atoms. The van der Waals surface area contributed by atoms with Gasteiger partial charge in [-0.05, 0) is 66.2 Å². The van der Waals surface area contributed by atoms with Crippen molar-refractivity contribution in [2.45, 2.75) is 12.2 Å². The van der Waals surface area contributed by atoms with Gasteiger partial charge in [0.1, 0.15) is 11.6 Å². The van der Waals surface area contributed by atoms with Gasteiger partial charge in [-0.25, -0.2) is 13.3 Å². The fraction of sp³-hybridized carbons (Fsp3) is 0.0714. The molecule has 3 heterocycles. The van der Waals surface area contributed by atoms with Crippen molar-refractivity contribution in [3.8, 4) is 11.1 Å². The van der Waals surface area contributed by atoms with Gasteiger partial charge in [0.05, 0.1) is 11.6 Å². The zero-order chi connectivity index (χ0) is 29.9. The third kappa shape index (κ3) is 4.87. The van der Waals surface area contributed by atoms with Crippen LogP contribution in [0.5, 0.6) is 0 Å². The van der Waals surface area contributed by atoms with Gasteiger partial charge in [-0.2, -0.15) is 18.2 Å². The molecule has 5 aromatic rings. The molecule has 14 heteroatoms. The normalized spacial score (nSPS) is 14.6. The number of amides is 2. The highest BCUT2D eigenvalue weighted by Gasteiger charge is 2.36. The molecule has 2 aromatic heterocycles. The van der Waals surface area contributed by atoms with Gasteiger partial charge in [-0.15, -0.1) is 5.10 Å². The minimum absolute atomic E-state index is 0.00722. The number of alkyl halides is 3. The predicted molar refractivity (Wildman–Crippen MR) is 143 cm³/mol. The molecular formula is C28H16ClF5N6O2. The second-order valence-corrected chi connectivity index (χ2v) is 9.84. The number of fused-ring (bicyclic) bond motifs is 2. The Morgan fingerprint density at radius 3 is 2.55 bits per heavy atom.